The van der Waals surface area contributed by atoms with E-state index in [0.717, 1.165) is 6.42 Å². The standard InChI is InChI=1S/C24H34O4/c1-13(12-27-14(2)25)16-5-6-17-20-18(8-10-23(16,17)3)24(4)9-7-15(26)11-19(24)21-22(20)28-21/h11,13,16-18,20-22H,5-10,12H2,1-4H3/t13?,16-,17+,18+,20+,21-,22+,23-,24-/m1/s1. The summed E-state index contributed by atoms with van der Waals surface area (Å²) < 4.78 is 11.6. The van der Waals surface area contributed by atoms with E-state index >= 15 is 0 Å². The molecule has 0 aromatic carbocycles. The third kappa shape index (κ3) is 2.52. The Morgan fingerprint density at radius 1 is 1.25 bits per heavy atom. The van der Waals surface area contributed by atoms with Crippen LogP contribution < -0.4 is 0 Å². The molecule has 4 fully saturated rings. The van der Waals surface area contributed by atoms with Gasteiger partial charge in [-0.1, -0.05) is 20.8 Å². The molecular formula is C24H34O4. The topological polar surface area (TPSA) is 55.9 Å². The Bertz CT molecular complexity index is 741. The van der Waals surface area contributed by atoms with Gasteiger partial charge in [-0.3, -0.25) is 9.59 Å². The molecule has 4 heteroatoms. The number of ketones is 1. The van der Waals surface area contributed by atoms with Crippen LogP contribution in [0.1, 0.15) is 66.2 Å². The van der Waals surface area contributed by atoms with Crippen LogP contribution in [0.3, 0.4) is 0 Å². The van der Waals surface area contributed by atoms with Crippen molar-refractivity contribution in [3.05, 3.63) is 11.6 Å². The maximum absolute atomic E-state index is 12.1. The van der Waals surface area contributed by atoms with E-state index in [9.17, 15) is 9.59 Å². The van der Waals surface area contributed by atoms with Gasteiger partial charge in [0.25, 0.3) is 0 Å². The summed E-state index contributed by atoms with van der Waals surface area (Å²) >= 11 is 0. The molecule has 0 spiro atoms. The van der Waals surface area contributed by atoms with Gasteiger partial charge < -0.3 is 9.47 Å². The van der Waals surface area contributed by atoms with Crippen LogP contribution >= 0.6 is 0 Å². The molecule has 1 aliphatic heterocycles. The minimum Gasteiger partial charge on any atom is -0.466 e. The third-order valence-electron chi connectivity index (χ3n) is 9.54. The minimum absolute atomic E-state index is 0.152. The van der Waals surface area contributed by atoms with Gasteiger partial charge in [0, 0.05) is 13.3 Å². The second-order valence-electron chi connectivity index (χ2n) is 10.8. The summed E-state index contributed by atoms with van der Waals surface area (Å²) in [6.07, 6.45) is 9.18. The van der Waals surface area contributed by atoms with Crippen LogP contribution in [0.25, 0.3) is 0 Å². The fraction of sp³-hybridized carbons (Fsp3) is 0.833. The molecule has 5 aliphatic rings. The monoisotopic (exact) mass is 386 g/mol. The molecule has 28 heavy (non-hydrogen) atoms. The zero-order valence-electron chi connectivity index (χ0n) is 17.7. The highest BCUT2D eigenvalue weighted by molar-refractivity contribution is 5.92. The maximum atomic E-state index is 12.1. The van der Waals surface area contributed by atoms with Gasteiger partial charge in [-0.25, -0.2) is 0 Å². The highest BCUT2D eigenvalue weighted by Crippen LogP contribution is 2.70. The highest BCUT2D eigenvalue weighted by Gasteiger charge is 2.69. The van der Waals surface area contributed by atoms with Crippen molar-refractivity contribution in [3.63, 3.8) is 0 Å². The summed E-state index contributed by atoms with van der Waals surface area (Å²) in [5.41, 5.74) is 1.79. The minimum atomic E-state index is -0.171. The zero-order valence-corrected chi connectivity index (χ0v) is 17.7. The molecule has 4 aliphatic carbocycles. The maximum Gasteiger partial charge on any atom is 0.302 e. The van der Waals surface area contributed by atoms with Crippen LogP contribution in [0.15, 0.2) is 11.6 Å². The molecule has 0 N–H and O–H groups in total. The number of epoxide rings is 1. The first-order valence-corrected chi connectivity index (χ1v) is 11.3. The van der Waals surface area contributed by atoms with Gasteiger partial charge in [-0.15, -0.1) is 0 Å². The SMILES string of the molecule is CC(=O)OCC(C)[C@H]1CC[C@H]2[C@@H]3[C@@H]4O[C@@H]4C4=CC(=O)CC[C@]4(C)[C@H]3CC[C@]12C. The number of carbonyl (C=O) groups excluding carboxylic acids is 2. The lowest BCUT2D eigenvalue weighted by Gasteiger charge is -2.57. The molecule has 1 heterocycles. The predicted molar refractivity (Wildman–Crippen MR) is 105 cm³/mol. The van der Waals surface area contributed by atoms with Crippen molar-refractivity contribution in [1.82, 2.24) is 0 Å². The molecule has 0 aromatic rings. The molecule has 5 rings (SSSR count). The Hall–Kier alpha value is -1.16. The summed E-state index contributed by atoms with van der Waals surface area (Å²) in [6.45, 7) is 9.24. The predicted octanol–water partition coefficient (Wildman–Crippen LogP) is 4.32. The molecule has 9 atom stereocenters. The number of carbonyl (C=O) groups is 2. The summed E-state index contributed by atoms with van der Waals surface area (Å²) in [7, 11) is 0. The van der Waals surface area contributed by atoms with E-state index in [1.807, 2.05) is 6.08 Å². The van der Waals surface area contributed by atoms with Crippen molar-refractivity contribution in [2.45, 2.75) is 78.4 Å². The van der Waals surface area contributed by atoms with Crippen molar-refractivity contribution in [2.24, 2.45) is 40.4 Å². The van der Waals surface area contributed by atoms with E-state index in [1.165, 1.54) is 38.2 Å². The number of hydrogen-bond acceptors (Lipinski definition) is 4. The van der Waals surface area contributed by atoms with Gasteiger partial charge in [0.15, 0.2) is 5.78 Å². The molecule has 0 bridgehead atoms. The van der Waals surface area contributed by atoms with Gasteiger partial charge in [-0.2, -0.15) is 0 Å². The second kappa shape index (κ2) is 6.17. The molecular weight excluding hydrogens is 352 g/mol. The van der Waals surface area contributed by atoms with Crippen LogP contribution in [-0.4, -0.2) is 30.6 Å². The normalized spacial score (nSPS) is 49.9. The Morgan fingerprint density at radius 3 is 2.79 bits per heavy atom. The van der Waals surface area contributed by atoms with E-state index in [4.69, 9.17) is 9.47 Å². The Balaban J connectivity index is 1.42. The third-order valence-corrected chi connectivity index (χ3v) is 9.54. The molecule has 1 unspecified atom stereocenters. The fourth-order valence-electron chi connectivity index (χ4n) is 8.15. The first kappa shape index (κ1) is 18.8. The highest BCUT2D eigenvalue weighted by atomic mass is 16.6. The summed E-state index contributed by atoms with van der Waals surface area (Å²) in [6, 6.07) is 0. The lowest BCUT2D eigenvalue weighted by Crippen LogP contribution is -2.54. The van der Waals surface area contributed by atoms with Crippen LogP contribution in [0, 0.1) is 40.4 Å². The molecule has 0 amide bonds. The molecule has 154 valence electrons. The van der Waals surface area contributed by atoms with Gasteiger partial charge in [-0.05, 0) is 84.2 Å². The number of ether oxygens (including phenoxy) is 2. The summed E-state index contributed by atoms with van der Waals surface area (Å²) in [5.74, 6) is 3.13. The summed E-state index contributed by atoms with van der Waals surface area (Å²) in [4.78, 5) is 23.4. The van der Waals surface area contributed by atoms with Gasteiger partial charge in [0.2, 0.25) is 0 Å². The van der Waals surface area contributed by atoms with E-state index in [2.05, 4.69) is 20.8 Å². The van der Waals surface area contributed by atoms with Crippen LogP contribution in [0.5, 0.6) is 0 Å². The van der Waals surface area contributed by atoms with Gasteiger partial charge in [0.05, 0.1) is 12.7 Å². The van der Waals surface area contributed by atoms with Crippen molar-refractivity contribution in [1.29, 1.82) is 0 Å². The van der Waals surface area contributed by atoms with Gasteiger partial charge >= 0.3 is 5.97 Å². The van der Waals surface area contributed by atoms with E-state index in [0.29, 0.717) is 59.9 Å². The Labute approximate surface area is 168 Å². The van der Waals surface area contributed by atoms with E-state index in [-0.39, 0.29) is 17.5 Å². The van der Waals surface area contributed by atoms with Crippen molar-refractivity contribution in [3.8, 4) is 0 Å². The van der Waals surface area contributed by atoms with Crippen LogP contribution in [0.2, 0.25) is 0 Å². The number of rotatable bonds is 3. The fourth-order valence-corrected chi connectivity index (χ4v) is 8.15. The molecule has 1 saturated heterocycles. The Kier molecular flexibility index (Phi) is 4.15. The van der Waals surface area contributed by atoms with Crippen LogP contribution in [0.4, 0.5) is 0 Å². The largest absolute Gasteiger partial charge is 0.466 e. The summed E-state index contributed by atoms with van der Waals surface area (Å²) in [5, 5.41) is 0. The average Bonchev–Trinajstić information content (AvgIpc) is 3.35. The molecule has 0 radical (unpaired) electrons. The number of fused-ring (bicyclic) bond motifs is 8. The lowest BCUT2D eigenvalue weighted by molar-refractivity contribution is -0.143. The first-order valence-electron chi connectivity index (χ1n) is 11.3. The Morgan fingerprint density at radius 2 is 2.04 bits per heavy atom. The van der Waals surface area contributed by atoms with Gasteiger partial charge in [0.1, 0.15) is 6.10 Å². The molecule has 4 nitrogen and oxygen atoms in total. The lowest BCUT2D eigenvalue weighted by atomic mass is 9.46. The second-order valence-corrected chi connectivity index (χ2v) is 10.8. The number of esters is 1. The zero-order chi connectivity index (χ0) is 19.8. The average molecular weight is 387 g/mol. The molecule has 3 saturated carbocycles. The van der Waals surface area contributed by atoms with Crippen molar-refractivity contribution >= 4 is 11.8 Å². The van der Waals surface area contributed by atoms with Crippen LogP contribution in [-0.2, 0) is 19.1 Å². The van der Waals surface area contributed by atoms with Crippen molar-refractivity contribution in [2.75, 3.05) is 6.61 Å². The van der Waals surface area contributed by atoms with E-state index < -0.39 is 0 Å². The van der Waals surface area contributed by atoms with Crippen molar-refractivity contribution < 1.29 is 19.1 Å². The first-order chi connectivity index (χ1) is 13.3. The quantitative estimate of drug-likeness (QED) is 0.535. The number of hydrogen-bond donors (Lipinski definition) is 0. The molecule has 0 aromatic heterocycles. The smallest absolute Gasteiger partial charge is 0.302 e. The van der Waals surface area contributed by atoms with E-state index in [1.54, 1.807) is 0 Å².